The Morgan fingerprint density at radius 2 is 1.14 bits per heavy atom. The van der Waals surface area contributed by atoms with Crippen molar-refractivity contribution < 1.29 is 9.30 Å². The molecule has 0 aromatic heterocycles. The summed E-state index contributed by atoms with van der Waals surface area (Å²) in [5.74, 6) is 0. The van der Waals surface area contributed by atoms with Crippen LogP contribution in [0.3, 0.4) is 0 Å². The highest BCUT2D eigenvalue weighted by Gasteiger charge is 2.03. The van der Waals surface area contributed by atoms with Gasteiger partial charge in [-0.25, -0.2) is 0 Å². The molecule has 114 valence electrons. The quantitative estimate of drug-likeness (QED) is 0.662. The lowest BCUT2D eigenvalue weighted by Gasteiger charge is -2.07. The molecule has 0 aliphatic rings. The van der Waals surface area contributed by atoms with Crippen molar-refractivity contribution in [2.45, 2.75) is 13.8 Å². The van der Waals surface area contributed by atoms with Gasteiger partial charge in [-0.15, -0.1) is 0 Å². The predicted octanol–water partition coefficient (Wildman–Crippen LogP) is 4.04. The highest BCUT2D eigenvalue weighted by molar-refractivity contribution is 7.00. The van der Waals surface area contributed by atoms with Crippen LogP contribution in [0.4, 0.5) is 11.4 Å². The maximum atomic E-state index is 8.06. The van der Waals surface area contributed by atoms with Crippen molar-refractivity contribution >= 4 is 20.5 Å². The van der Waals surface area contributed by atoms with E-state index in [1.165, 1.54) is 0 Å². The van der Waals surface area contributed by atoms with Crippen molar-refractivity contribution in [3.8, 4) is 11.1 Å². The van der Waals surface area contributed by atoms with Crippen molar-refractivity contribution in [3.63, 3.8) is 0 Å². The zero-order chi connectivity index (χ0) is 16.1. The average Bonchev–Trinajstić information content (AvgIpc) is 2.52. The molecule has 0 spiro atoms. The molecule has 2 aromatic rings. The lowest BCUT2D eigenvalue weighted by molar-refractivity contribution is 0.162. The van der Waals surface area contributed by atoms with Gasteiger partial charge in [-0.2, -0.15) is 0 Å². The first-order chi connectivity index (χ1) is 10.2. The molecular formula is C16H23N2O2P. The summed E-state index contributed by atoms with van der Waals surface area (Å²) in [6.45, 7) is 5.67. The molecule has 0 amide bonds. The van der Waals surface area contributed by atoms with E-state index >= 15 is 0 Å². The minimum Gasteiger partial charge on any atom is -0.398 e. The van der Waals surface area contributed by atoms with E-state index in [9.17, 15) is 0 Å². The number of benzene rings is 2. The topological polar surface area (TPSA) is 78.3 Å². The Kier molecular flexibility index (Phi) is 10.8. The third-order valence-electron chi connectivity index (χ3n) is 2.62. The largest absolute Gasteiger partial charge is 0.398 e. The summed E-state index contributed by atoms with van der Waals surface area (Å²) in [5, 5.41) is 0. The fourth-order valence-electron chi connectivity index (χ4n) is 1.69. The number of hydrogen-bond donors (Lipinski definition) is 2. The van der Waals surface area contributed by atoms with Crippen LogP contribution in [0, 0.1) is 0 Å². The van der Waals surface area contributed by atoms with Gasteiger partial charge in [-0.3, -0.25) is 4.57 Å². The number of nitrogens with two attached hydrogens (primary N) is 2. The molecule has 0 saturated heterocycles. The van der Waals surface area contributed by atoms with E-state index in [1.807, 2.05) is 62.4 Å². The molecule has 4 N–H and O–H groups in total. The highest BCUT2D eigenvalue weighted by atomic mass is 31.0. The van der Waals surface area contributed by atoms with Gasteiger partial charge in [0.05, 0.1) is 0 Å². The fraction of sp³-hybridized carbons (Fsp3) is 0.250. The van der Waals surface area contributed by atoms with E-state index in [0.717, 1.165) is 35.7 Å². The second-order valence-electron chi connectivity index (χ2n) is 3.96. The SMILES string of the molecule is CCOCC.Nc1ccccc1-c1ccccc1N.O=P. The third kappa shape index (κ3) is 6.89. The molecule has 0 atom stereocenters. The van der Waals surface area contributed by atoms with Crippen LogP contribution in [0.5, 0.6) is 0 Å². The van der Waals surface area contributed by atoms with Gasteiger partial charge in [0.1, 0.15) is 9.12 Å². The summed E-state index contributed by atoms with van der Waals surface area (Å²) >= 11 is 0. The van der Waals surface area contributed by atoms with Crippen LogP contribution in [-0.4, -0.2) is 13.2 Å². The smallest absolute Gasteiger partial charge is 0.138 e. The molecule has 0 heterocycles. The third-order valence-corrected chi connectivity index (χ3v) is 2.62. The van der Waals surface area contributed by atoms with Crippen LogP contribution in [0.1, 0.15) is 13.8 Å². The average molecular weight is 306 g/mol. The Labute approximate surface area is 128 Å². The number of anilines is 2. The lowest BCUT2D eigenvalue weighted by Crippen LogP contribution is -1.93. The maximum Gasteiger partial charge on any atom is 0.138 e. The Balaban J connectivity index is 0.000000489. The van der Waals surface area contributed by atoms with Gasteiger partial charge in [-0.1, -0.05) is 36.4 Å². The molecule has 0 aliphatic carbocycles. The van der Waals surface area contributed by atoms with Crippen LogP contribution < -0.4 is 11.5 Å². The first-order valence-electron chi connectivity index (χ1n) is 6.68. The zero-order valence-corrected chi connectivity index (χ0v) is 13.5. The van der Waals surface area contributed by atoms with E-state index in [0.29, 0.717) is 0 Å². The van der Waals surface area contributed by atoms with Crippen molar-refractivity contribution in [1.29, 1.82) is 0 Å². The van der Waals surface area contributed by atoms with Gasteiger partial charge in [0.15, 0.2) is 0 Å². The molecule has 0 bridgehead atoms. The monoisotopic (exact) mass is 306 g/mol. The van der Waals surface area contributed by atoms with Crippen molar-refractivity contribution in [3.05, 3.63) is 48.5 Å². The Hall–Kier alpha value is -1.90. The molecule has 0 fully saturated rings. The van der Waals surface area contributed by atoms with Crippen molar-refractivity contribution in [1.82, 2.24) is 0 Å². The summed E-state index contributed by atoms with van der Waals surface area (Å²) in [5.41, 5.74) is 15.2. The highest BCUT2D eigenvalue weighted by Crippen LogP contribution is 2.29. The molecule has 0 aliphatic heterocycles. The molecule has 0 unspecified atom stereocenters. The first kappa shape index (κ1) is 19.1. The second-order valence-corrected chi connectivity index (χ2v) is 3.96. The Morgan fingerprint density at radius 1 is 0.810 bits per heavy atom. The van der Waals surface area contributed by atoms with E-state index < -0.39 is 0 Å². The summed E-state index contributed by atoms with van der Waals surface area (Å²) < 4.78 is 12.9. The minimum atomic E-state index is 0.755. The van der Waals surface area contributed by atoms with Crippen LogP contribution in [0.2, 0.25) is 0 Å². The summed E-state index contributed by atoms with van der Waals surface area (Å²) in [7, 11) is 1.72. The molecule has 2 rings (SSSR count). The zero-order valence-electron chi connectivity index (χ0n) is 12.5. The minimum absolute atomic E-state index is 0.755. The van der Waals surface area contributed by atoms with E-state index in [2.05, 4.69) is 0 Å². The van der Waals surface area contributed by atoms with Gasteiger partial charge < -0.3 is 16.2 Å². The van der Waals surface area contributed by atoms with Crippen molar-refractivity contribution in [2.24, 2.45) is 0 Å². The normalized spacial score (nSPS) is 8.86. The molecule has 5 heteroatoms. The number of hydrogen-bond acceptors (Lipinski definition) is 4. The second kappa shape index (κ2) is 11.9. The molecule has 21 heavy (non-hydrogen) atoms. The van der Waals surface area contributed by atoms with Crippen LogP contribution in [0.15, 0.2) is 48.5 Å². The Morgan fingerprint density at radius 3 is 1.38 bits per heavy atom. The molecule has 0 saturated carbocycles. The summed E-state index contributed by atoms with van der Waals surface area (Å²) in [6, 6.07) is 15.4. The number of nitrogen functional groups attached to an aromatic ring is 2. The molecule has 2 aromatic carbocycles. The van der Waals surface area contributed by atoms with Gasteiger partial charge in [0.25, 0.3) is 0 Å². The number of rotatable bonds is 3. The fourth-order valence-corrected chi connectivity index (χ4v) is 1.69. The van der Waals surface area contributed by atoms with E-state index in [-0.39, 0.29) is 0 Å². The van der Waals surface area contributed by atoms with Crippen molar-refractivity contribution in [2.75, 3.05) is 24.7 Å². The maximum absolute atomic E-state index is 8.06. The molecule has 4 nitrogen and oxygen atoms in total. The molecular weight excluding hydrogens is 283 g/mol. The predicted molar refractivity (Wildman–Crippen MR) is 91.9 cm³/mol. The van der Waals surface area contributed by atoms with Crippen LogP contribution in [0.25, 0.3) is 11.1 Å². The van der Waals surface area contributed by atoms with Gasteiger partial charge in [0, 0.05) is 35.7 Å². The van der Waals surface area contributed by atoms with E-state index in [4.69, 9.17) is 20.8 Å². The summed E-state index contributed by atoms with van der Waals surface area (Å²) in [6.07, 6.45) is 0. The van der Waals surface area contributed by atoms with Gasteiger partial charge in [-0.05, 0) is 26.0 Å². The van der Waals surface area contributed by atoms with Gasteiger partial charge >= 0.3 is 0 Å². The Bertz CT molecular complexity index is 476. The lowest BCUT2D eigenvalue weighted by atomic mass is 10.0. The first-order valence-corrected chi connectivity index (χ1v) is 7.09. The van der Waals surface area contributed by atoms with Gasteiger partial charge in [0.2, 0.25) is 0 Å². The number of para-hydroxylation sites is 2. The summed E-state index contributed by atoms with van der Waals surface area (Å²) in [4.78, 5) is 0. The standard InChI is InChI=1S/C12H12N2.C4H10O.HOP/c13-11-7-3-1-5-9(11)10-6-2-4-8-12(10)14;1-3-5-4-2;1-2/h1-8H,13-14H2;3-4H2,1-2H3;2H. The van der Waals surface area contributed by atoms with Crippen LogP contribution >= 0.6 is 9.12 Å². The van der Waals surface area contributed by atoms with E-state index in [1.54, 1.807) is 9.12 Å². The van der Waals surface area contributed by atoms with Crippen LogP contribution in [-0.2, 0) is 9.30 Å². The molecule has 0 radical (unpaired) electrons. The number of ether oxygens (including phenoxy) is 1.